The Kier molecular flexibility index (Phi) is 6.02. The van der Waals surface area contributed by atoms with Crippen LogP contribution in [0.5, 0.6) is 0 Å². The molecule has 0 amide bonds. The van der Waals surface area contributed by atoms with Gasteiger partial charge in [-0.1, -0.05) is 66.7 Å². The Balaban J connectivity index is 1.02. The minimum Gasteiger partial charge on any atom is -0.310 e. The fourth-order valence-corrected chi connectivity index (χ4v) is 12.8. The molecular weight excluding hydrogens is 542 g/mol. The molecular formula is C44H47N. The average Bonchev–Trinajstić information content (AvgIpc) is 3.05. The van der Waals surface area contributed by atoms with Crippen LogP contribution >= 0.6 is 0 Å². The smallest absolute Gasteiger partial charge is 0.0467 e. The van der Waals surface area contributed by atoms with Gasteiger partial charge in [-0.2, -0.15) is 0 Å². The summed E-state index contributed by atoms with van der Waals surface area (Å²) in [5.74, 6) is 5.84. The molecule has 1 nitrogen and oxygen atoms in total. The number of benzene rings is 4. The first-order valence-electron chi connectivity index (χ1n) is 18.3. The van der Waals surface area contributed by atoms with Gasteiger partial charge in [0.2, 0.25) is 0 Å². The van der Waals surface area contributed by atoms with Crippen LogP contribution in [0.2, 0.25) is 0 Å². The van der Waals surface area contributed by atoms with Crippen molar-refractivity contribution in [3.63, 3.8) is 0 Å². The quantitative estimate of drug-likeness (QED) is 0.216. The molecule has 0 heterocycles. The van der Waals surface area contributed by atoms with Crippen molar-refractivity contribution in [3.05, 3.63) is 114 Å². The normalized spacial score (nSPS) is 35.6. The largest absolute Gasteiger partial charge is 0.310 e. The molecule has 0 aromatic heterocycles. The SMILES string of the molecule is c1ccc(-c2cccc(N(c3ccc(C45CC6CC(CC(C6)C4)C5)cc3)c3ccc(C45CC6CC(CC(C6)C4)C5)cc3)c2)cc1. The molecule has 0 N–H and O–H groups in total. The molecule has 0 aliphatic heterocycles. The van der Waals surface area contributed by atoms with Gasteiger partial charge >= 0.3 is 0 Å². The maximum atomic E-state index is 2.51. The molecule has 1 heteroatoms. The molecule has 0 atom stereocenters. The Morgan fingerprint density at radius 2 is 0.778 bits per heavy atom. The van der Waals surface area contributed by atoms with E-state index in [1.165, 1.54) is 105 Å². The fourth-order valence-electron chi connectivity index (χ4n) is 12.8. The van der Waals surface area contributed by atoms with Crippen LogP contribution in [0.1, 0.15) is 88.2 Å². The Morgan fingerprint density at radius 1 is 0.378 bits per heavy atom. The molecule has 8 saturated carbocycles. The van der Waals surface area contributed by atoms with Gasteiger partial charge in [0.1, 0.15) is 0 Å². The second-order valence-corrected chi connectivity index (χ2v) is 16.7. The number of hydrogen-bond acceptors (Lipinski definition) is 1. The molecule has 4 aromatic carbocycles. The standard InChI is InChI=1S/C44H47N/c1-2-5-36(6-3-1)37-7-4-8-42(23-37)45(40-13-9-38(10-14-40)43-24-30-17-31(25-43)19-32(18-30)26-43)41-15-11-39(12-16-41)44-27-33-20-34(28-44)22-35(21-33)29-44/h1-16,23,30-35H,17-22,24-29H2. The van der Waals surface area contributed by atoms with E-state index < -0.39 is 0 Å². The molecule has 8 bridgehead atoms. The van der Waals surface area contributed by atoms with E-state index >= 15 is 0 Å². The van der Waals surface area contributed by atoms with Crippen molar-refractivity contribution in [1.29, 1.82) is 0 Å². The highest BCUT2D eigenvalue weighted by molar-refractivity contribution is 5.80. The van der Waals surface area contributed by atoms with Crippen molar-refractivity contribution >= 4 is 17.1 Å². The minimum atomic E-state index is 0.435. The molecule has 0 saturated heterocycles. The van der Waals surface area contributed by atoms with Crippen molar-refractivity contribution in [2.45, 2.75) is 87.9 Å². The number of nitrogens with zero attached hydrogens (tertiary/aromatic N) is 1. The zero-order chi connectivity index (χ0) is 29.6. The van der Waals surface area contributed by atoms with Gasteiger partial charge in [-0.25, -0.2) is 0 Å². The first-order chi connectivity index (χ1) is 22.1. The van der Waals surface area contributed by atoms with Gasteiger partial charge in [-0.3, -0.25) is 0 Å². The zero-order valence-electron chi connectivity index (χ0n) is 26.7. The lowest BCUT2D eigenvalue weighted by Gasteiger charge is -2.57. The van der Waals surface area contributed by atoms with Crippen LogP contribution in [0.15, 0.2) is 103 Å². The van der Waals surface area contributed by atoms with Crippen LogP contribution in [0.4, 0.5) is 17.1 Å². The summed E-state index contributed by atoms with van der Waals surface area (Å²) in [6, 6.07) is 39.8. The lowest BCUT2D eigenvalue weighted by atomic mass is 9.48. The lowest BCUT2D eigenvalue weighted by Crippen LogP contribution is -2.48. The Bertz CT molecular complexity index is 1540. The third kappa shape index (κ3) is 4.47. The molecule has 8 fully saturated rings. The summed E-state index contributed by atoms with van der Waals surface area (Å²) >= 11 is 0. The average molecular weight is 590 g/mol. The highest BCUT2D eigenvalue weighted by atomic mass is 15.1. The van der Waals surface area contributed by atoms with E-state index in [1.807, 2.05) is 0 Å². The third-order valence-corrected chi connectivity index (χ3v) is 13.8. The molecule has 12 rings (SSSR count). The van der Waals surface area contributed by atoms with Crippen molar-refractivity contribution in [1.82, 2.24) is 0 Å². The summed E-state index contributed by atoms with van der Waals surface area (Å²) in [4.78, 5) is 2.51. The molecule has 0 unspecified atom stereocenters. The van der Waals surface area contributed by atoms with Crippen LogP contribution in [0, 0.1) is 35.5 Å². The molecule has 8 aliphatic carbocycles. The minimum absolute atomic E-state index is 0.435. The van der Waals surface area contributed by atoms with Gasteiger partial charge in [-0.15, -0.1) is 0 Å². The summed E-state index contributed by atoms with van der Waals surface area (Å²) in [5.41, 5.74) is 10.4. The van der Waals surface area contributed by atoms with E-state index in [1.54, 1.807) is 11.1 Å². The van der Waals surface area contributed by atoms with Crippen LogP contribution in [0.3, 0.4) is 0 Å². The highest BCUT2D eigenvalue weighted by Crippen LogP contribution is 2.62. The monoisotopic (exact) mass is 589 g/mol. The van der Waals surface area contributed by atoms with E-state index in [9.17, 15) is 0 Å². The Hall–Kier alpha value is -3.32. The summed E-state index contributed by atoms with van der Waals surface area (Å²) in [6.45, 7) is 0. The summed E-state index contributed by atoms with van der Waals surface area (Å²) in [6.07, 6.45) is 17.6. The van der Waals surface area contributed by atoms with Crippen molar-refractivity contribution < 1.29 is 0 Å². The van der Waals surface area contributed by atoms with Gasteiger partial charge in [0, 0.05) is 17.1 Å². The van der Waals surface area contributed by atoms with Crippen molar-refractivity contribution in [3.8, 4) is 11.1 Å². The van der Waals surface area contributed by atoms with Crippen LogP contribution in [-0.2, 0) is 10.8 Å². The number of rotatable bonds is 6. The van der Waals surface area contributed by atoms with Gasteiger partial charge in [0.25, 0.3) is 0 Å². The van der Waals surface area contributed by atoms with Crippen LogP contribution in [0.25, 0.3) is 11.1 Å². The summed E-state index contributed by atoms with van der Waals surface area (Å²) in [7, 11) is 0. The summed E-state index contributed by atoms with van der Waals surface area (Å²) < 4.78 is 0. The molecule has 8 aliphatic rings. The third-order valence-electron chi connectivity index (χ3n) is 13.8. The molecule has 228 valence electrons. The topological polar surface area (TPSA) is 3.24 Å². The molecule has 0 radical (unpaired) electrons. The maximum absolute atomic E-state index is 2.51. The van der Waals surface area contributed by atoms with Crippen molar-refractivity contribution in [2.75, 3.05) is 4.90 Å². The zero-order valence-corrected chi connectivity index (χ0v) is 26.7. The highest BCUT2D eigenvalue weighted by Gasteiger charge is 2.52. The Morgan fingerprint density at radius 3 is 1.20 bits per heavy atom. The van der Waals surface area contributed by atoms with Gasteiger partial charge in [0.15, 0.2) is 0 Å². The molecule has 0 spiro atoms. The van der Waals surface area contributed by atoms with E-state index in [0.29, 0.717) is 10.8 Å². The lowest BCUT2D eigenvalue weighted by molar-refractivity contribution is -0.00529. The second kappa shape index (κ2) is 10.1. The van der Waals surface area contributed by atoms with E-state index in [0.717, 1.165) is 35.5 Å². The van der Waals surface area contributed by atoms with Gasteiger partial charge in [0.05, 0.1) is 0 Å². The van der Waals surface area contributed by atoms with Crippen molar-refractivity contribution in [2.24, 2.45) is 35.5 Å². The Labute approximate surface area is 270 Å². The first kappa shape index (κ1) is 26.9. The summed E-state index contributed by atoms with van der Waals surface area (Å²) in [5, 5.41) is 0. The van der Waals surface area contributed by atoms with Gasteiger partial charge < -0.3 is 4.90 Å². The number of hydrogen-bond donors (Lipinski definition) is 0. The maximum Gasteiger partial charge on any atom is 0.0467 e. The van der Waals surface area contributed by atoms with Crippen LogP contribution < -0.4 is 4.90 Å². The molecule has 45 heavy (non-hydrogen) atoms. The van der Waals surface area contributed by atoms with E-state index in [4.69, 9.17) is 0 Å². The van der Waals surface area contributed by atoms with E-state index in [2.05, 4.69) is 108 Å². The number of anilines is 3. The first-order valence-corrected chi connectivity index (χ1v) is 18.3. The fraction of sp³-hybridized carbons (Fsp3) is 0.455. The predicted octanol–water partition coefficient (Wildman–Crippen LogP) is 11.8. The predicted molar refractivity (Wildman–Crippen MR) is 186 cm³/mol. The van der Waals surface area contributed by atoms with Crippen LogP contribution in [-0.4, -0.2) is 0 Å². The second-order valence-electron chi connectivity index (χ2n) is 16.7. The van der Waals surface area contributed by atoms with E-state index in [-0.39, 0.29) is 0 Å². The van der Waals surface area contributed by atoms with Gasteiger partial charge in [-0.05, 0) is 182 Å². The molecule has 4 aromatic rings.